The van der Waals surface area contributed by atoms with Crippen molar-refractivity contribution >= 4 is 21.7 Å². The van der Waals surface area contributed by atoms with E-state index in [1.165, 1.54) is 12.1 Å². The van der Waals surface area contributed by atoms with Gasteiger partial charge in [-0.05, 0) is 78.6 Å². The molecule has 1 amide bonds. The molecule has 2 aromatic carbocycles. The number of rotatable bonds is 9. The zero-order valence-corrected chi connectivity index (χ0v) is 23.5. The Morgan fingerprint density at radius 1 is 0.977 bits per heavy atom. The summed E-state index contributed by atoms with van der Waals surface area (Å²) in [6.45, 7) is 0.534. The molecule has 0 bridgehead atoms. The van der Waals surface area contributed by atoms with Crippen molar-refractivity contribution in [3.05, 3.63) is 108 Å². The summed E-state index contributed by atoms with van der Waals surface area (Å²) < 4.78 is 80.2. The van der Waals surface area contributed by atoms with Crippen LogP contribution in [0.25, 0.3) is 11.3 Å². The van der Waals surface area contributed by atoms with Gasteiger partial charge in [0.1, 0.15) is 17.7 Å². The summed E-state index contributed by atoms with van der Waals surface area (Å²) in [5, 5.41) is 5.97. The average molecular weight is 614 g/mol. The fraction of sp³-hybridized carbons (Fsp3) is 0.233. The number of alkyl halides is 3. The molecule has 2 aromatic heterocycles. The number of nitrogens with zero attached hydrogens (tertiary/aromatic N) is 3. The van der Waals surface area contributed by atoms with Crippen LogP contribution in [0.5, 0.6) is 0 Å². The Morgan fingerprint density at radius 2 is 1.72 bits per heavy atom. The Labute approximate surface area is 245 Å². The maximum atomic E-state index is 13.4. The zero-order valence-electron chi connectivity index (χ0n) is 22.7. The minimum atomic E-state index is -4.48. The molecule has 5 rings (SSSR count). The second-order valence-corrected chi connectivity index (χ2v) is 11.9. The third-order valence-corrected chi connectivity index (χ3v) is 8.91. The smallest absolute Gasteiger partial charge is 0.366 e. The molecule has 8 nitrogen and oxygen atoms in total. The lowest BCUT2D eigenvalue weighted by Crippen LogP contribution is -2.45. The Morgan fingerprint density at radius 3 is 2.40 bits per heavy atom. The van der Waals surface area contributed by atoms with Crippen molar-refractivity contribution in [2.75, 3.05) is 11.9 Å². The monoisotopic (exact) mass is 613 g/mol. The highest BCUT2D eigenvalue weighted by molar-refractivity contribution is 7.89. The van der Waals surface area contributed by atoms with Crippen LogP contribution in [0.15, 0.2) is 90.1 Å². The molecular formula is C30H27F4N5O3S. The number of anilines is 1. The van der Waals surface area contributed by atoms with Crippen LogP contribution in [-0.2, 0) is 34.1 Å². The van der Waals surface area contributed by atoms with Gasteiger partial charge in [-0.1, -0.05) is 18.2 Å². The minimum absolute atomic E-state index is 0.0114. The summed E-state index contributed by atoms with van der Waals surface area (Å²) in [6.07, 6.45) is -0.357. The van der Waals surface area contributed by atoms with Crippen LogP contribution in [0.4, 0.5) is 23.4 Å². The fourth-order valence-corrected chi connectivity index (χ4v) is 6.45. The molecule has 13 heteroatoms. The van der Waals surface area contributed by atoms with Gasteiger partial charge in [0.25, 0.3) is 0 Å². The molecule has 3 heterocycles. The van der Waals surface area contributed by atoms with Gasteiger partial charge in [0.05, 0.1) is 16.2 Å². The highest BCUT2D eigenvalue weighted by Crippen LogP contribution is 2.31. The molecule has 0 aliphatic carbocycles. The van der Waals surface area contributed by atoms with Gasteiger partial charge in [0.15, 0.2) is 0 Å². The second-order valence-electron chi connectivity index (χ2n) is 9.98. The summed E-state index contributed by atoms with van der Waals surface area (Å²) in [5.41, 5.74) is 1.51. The Hall–Kier alpha value is -4.36. The number of hydrogen-bond donors (Lipinski definition) is 2. The summed E-state index contributed by atoms with van der Waals surface area (Å²) in [6, 6.07) is 15.1. The number of benzene rings is 2. The van der Waals surface area contributed by atoms with E-state index in [-0.39, 0.29) is 18.0 Å². The Balaban J connectivity index is 1.35. The first-order valence-corrected chi connectivity index (χ1v) is 14.8. The number of aromatic nitrogens is 2. The van der Waals surface area contributed by atoms with Crippen molar-refractivity contribution in [2.45, 2.75) is 43.0 Å². The van der Waals surface area contributed by atoms with E-state index in [4.69, 9.17) is 0 Å². The largest absolute Gasteiger partial charge is 0.416 e. The zero-order chi connectivity index (χ0) is 30.6. The number of pyridine rings is 2. The maximum Gasteiger partial charge on any atom is 0.416 e. The molecule has 4 aromatic rings. The van der Waals surface area contributed by atoms with E-state index in [1.54, 1.807) is 30.6 Å². The molecule has 1 aliphatic rings. The first kappa shape index (κ1) is 30.1. The molecule has 224 valence electrons. The van der Waals surface area contributed by atoms with Gasteiger partial charge < -0.3 is 10.6 Å². The molecule has 1 saturated heterocycles. The van der Waals surface area contributed by atoms with Crippen LogP contribution in [0.1, 0.15) is 29.5 Å². The van der Waals surface area contributed by atoms with Crippen LogP contribution < -0.4 is 10.6 Å². The molecule has 0 radical (unpaired) electrons. The third kappa shape index (κ3) is 7.17. The van der Waals surface area contributed by atoms with Gasteiger partial charge in [-0.15, -0.1) is 0 Å². The molecule has 0 saturated carbocycles. The number of carbonyl (C=O) groups excluding carboxylic acids is 1. The summed E-state index contributed by atoms with van der Waals surface area (Å²) in [4.78, 5) is 21.8. The fourth-order valence-electron chi connectivity index (χ4n) is 4.79. The minimum Gasteiger partial charge on any atom is -0.366 e. The van der Waals surface area contributed by atoms with Gasteiger partial charge in [-0.25, -0.2) is 17.8 Å². The van der Waals surface area contributed by atoms with Gasteiger partial charge in [-0.2, -0.15) is 17.5 Å². The van der Waals surface area contributed by atoms with E-state index in [0.717, 1.165) is 46.3 Å². The predicted octanol–water partition coefficient (Wildman–Crippen LogP) is 5.38. The first-order chi connectivity index (χ1) is 20.5. The van der Waals surface area contributed by atoms with E-state index in [0.29, 0.717) is 42.0 Å². The maximum absolute atomic E-state index is 13.4. The summed E-state index contributed by atoms with van der Waals surface area (Å²) in [5.74, 6) is -0.648. The topological polar surface area (TPSA) is 104 Å². The second kappa shape index (κ2) is 12.5. The SMILES string of the molecule is O=C(NCc1cc(NCc2cccnc2)nc(-c2ccc(C(F)(F)F)cc2)c1)[C@@H]1CCCN1S(=O)(=O)c1ccc(F)cc1. The van der Waals surface area contributed by atoms with Crippen LogP contribution in [0.3, 0.4) is 0 Å². The molecule has 1 fully saturated rings. The molecule has 0 unspecified atom stereocenters. The van der Waals surface area contributed by atoms with Crippen LogP contribution >= 0.6 is 0 Å². The van der Waals surface area contributed by atoms with Crippen LogP contribution in [0, 0.1) is 5.82 Å². The highest BCUT2D eigenvalue weighted by Gasteiger charge is 2.39. The molecule has 1 aliphatic heterocycles. The van der Waals surface area contributed by atoms with E-state index < -0.39 is 39.5 Å². The van der Waals surface area contributed by atoms with Crippen molar-refractivity contribution in [3.63, 3.8) is 0 Å². The van der Waals surface area contributed by atoms with E-state index in [2.05, 4.69) is 20.6 Å². The van der Waals surface area contributed by atoms with Crippen molar-refractivity contribution in [1.82, 2.24) is 19.6 Å². The van der Waals surface area contributed by atoms with E-state index in [1.807, 2.05) is 6.07 Å². The number of hydrogen-bond acceptors (Lipinski definition) is 6. The molecular weight excluding hydrogens is 586 g/mol. The molecule has 1 atom stereocenters. The number of nitrogens with one attached hydrogen (secondary N) is 2. The molecule has 2 N–H and O–H groups in total. The average Bonchev–Trinajstić information content (AvgIpc) is 3.51. The van der Waals surface area contributed by atoms with Gasteiger partial charge in [0.2, 0.25) is 15.9 Å². The van der Waals surface area contributed by atoms with Crippen molar-refractivity contribution in [1.29, 1.82) is 0 Å². The standard InChI is InChI=1S/C30H27F4N5O3S/c31-24-9-11-25(12-10-24)43(41,42)39-14-2-4-27(39)29(40)37-19-21-15-26(22-5-7-23(8-6-22)30(32,33)34)38-28(16-21)36-18-20-3-1-13-35-17-20/h1,3,5-13,15-17,27H,2,4,14,18-19H2,(H,36,38)(H,37,40)/t27-/m0/s1. The highest BCUT2D eigenvalue weighted by atomic mass is 32.2. The van der Waals surface area contributed by atoms with Crippen molar-refractivity contribution < 1.29 is 30.8 Å². The number of sulfonamides is 1. The quantitative estimate of drug-likeness (QED) is 0.246. The summed E-state index contributed by atoms with van der Waals surface area (Å²) >= 11 is 0. The first-order valence-electron chi connectivity index (χ1n) is 13.4. The third-order valence-electron chi connectivity index (χ3n) is 6.98. The lowest BCUT2D eigenvalue weighted by molar-refractivity contribution is -0.137. The van der Waals surface area contributed by atoms with Gasteiger partial charge in [0, 0.05) is 37.6 Å². The summed E-state index contributed by atoms with van der Waals surface area (Å²) in [7, 11) is -4.03. The van der Waals surface area contributed by atoms with E-state index >= 15 is 0 Å². The molecule has 43 heavy (non-hydrogen) atoms. The Bertz CT molecular complexity index is 1680. The predicted molar refractivity (Wildman–Crippen MR) is 151 cm³/mol. The van der Waals surface area contributed by atoms with Gasteiger partial charge in [-0.3, -0.25) is 9.78 Å². The van der Waals surface area contributed by atoms with Gasteiger partial charge >= 0.3 is 6.18 Å². The van der Waals surface area contributed by atoms with Crippen LogP contribution in [-0.4, -0.2) is 41.2 Å². The number of halogens is 4. The lowest BCUT2D eigenvalue weighted by atomic mass is 10.1. The normalized spacial score (nSPS) is 15.8. The van der Waals surface area contributed by atoms with E-state index in [9.17, 15) is 30.8 Å². The van der Waals surface area contributed by atoms with Crippen LogP contribution in [0.2, 0.25) is 0 Å². The number of carbonyl (C=O) groups is 1. The lowest BCUT2D eigenvalue weighted by Gasteiger charge is -2.23. The number of amides is 1. The van der Waals surface area contributed by atoms with Crippen molar-refractivity contribution in [2.24, 2.45) is 0 Å². The molecule has 0 spiro atoms. The van der Waals surface area contributed by atoms with Crippen molar-refractivity contribution in [3.8, 4) is 11.3 Å². The Kier molecular flexibility index (Phi) is 8.74.